The van der Waals surface area contributed by atoms with E-state index in [4.69, 9.17) is 0 Å². The highest BCUT2D eigenvalue weighted by Gasteiger charge is 2.33. The zero-order chi connectivity index (χ0) is 19.0. The van der Waals surface area contributed by atoms with Gasteiger partial charge in [0.15, 0.2) is 0 Å². The molecule has 3 heterocycles. The molecular weight excluding hydrogens is 365 g/mol. The molecule has 3 aromatic rings. The van der Waals surface area contributed by atoms with E-state index in [0.29, 0.717) is 6.54 Å². The summed E-state index contributed by atoms with van der Waals surface area (Å²) in [6.45, 7) is 3.96. The Kier molecular flexibility index (Phi) is 4.75. The molecule has 1 amide bonds. The number of amides is 1. The molecule has 1 aromatic carbocycles. The fourth-order valence-corrected chi connectivity index (χ4v) is 4.27. The van der Waals surface area contributed by atoms with Gasteiger partial charge in [-0.1, -0.05) is 12.1 Å². The van der Waals surface area contributed by atoms with Crippen molar-refractivity contribution in [3.63, 3.8) is 0 Å². The van der Waals surface area contributed by atoms with E-state index in [1.807, 2.05) is 26.4 Å². The van der Waals surface area contributed by atoms with E-state index in [1.54, 1.807) is 34.2 Å². The Morgan fingerprint density at radius 2 is 2.22 bits per heavy atom. The van der Waals surface area contributed by atoms with Gasteiger partial charge in [0.1, 0.15) is 5.82 Å². The average molecular weight is 385 g/mol. The van der Waals surface area contributed by atoms with E-state index in [-0.39, 0.29) is 11.6 Å². The summed E-state index contributed by atoms with van der Waals surface area (Å²) in [4.78, 5) is 20.6. The van der Waals surface area contributed by atoms with Crippen LogP contribution in [0.5, 0.6) is 0 Å². The second-order valence-electron chi connectivity index (χ2n) is 6.75. The maximum absolute atomic E-state index is 13.9. The number of carbonyl (C=O) groups is 1. The van der Waals surface area contributed by atoms with Crippen molar-refractivity contribution < 1.29 is 9.18 Å². The van der Waals surface area contributed by atoms with E-state index >= 15 is 0 Å². The second kappa shape index (κ2) is 7.21. The van der Waals surface area contributed by atoms with E-state index in [9.17, 15) is 9.18 Å². The zero-order valence-electron chi connectivity index (χ0n) is 15.1. The molecule has 6 nitrogen and oxygen atoms in total. The van der Waals surface area contributed by atoms with E-state index in [0.717, 1.165) is 34.2 Å². The maximum atomic E-state index is 13.9. The predicted molar refractivity (Wildman–Crippen MR) is 102 cm³/mol. The third kappa shape index (κ3) is 3.77. The fourth-order valence-electron chi connectivity index (χ4n) is 3.43. The van der Waals surface area contributed by atoms with Crippen LogP contribution < -0.4 is 5.32 Å². The Morgan fingerprint density at radius 1 is 1.41 bits per heavy atom. The molecule has 0 spiro atoms. The fraction of sp³-hybridized carbons (Fsp3) is 0.316. The van der Waals surface area contributed by atoms with Gasteiger partial charge in [-0.05, 0) is 19.1 Å². The molecule has 0 fully saturated rings. The number of para-hydroxylation sites is 1. The number of nitrogens with zero attached hydrogens (tertiary/aromatic N) is 4. The second-order valence-corrected chi connectivity index (χ2v) is 8.07. The lowest BCUT2D eigenvalue weighted by atomic mass is 9.95. The Labute approximate surface area is 160 Å². The number of hydrogen-bond acceptors (Lipinski definition) is 5. The quantitative estimate of drug-likeness (QED) is 0.750. The molecule has 2 aromatic heterocycles. The standard InChI is InChI=1S/C19H20FN5OS/c1-12-21-7-14(27-12)10-25-9-13-8-24(2)23-18(13)15(11-25)19(26)22-17-6-4-3-5-16(17)20/h3-8,15H,9-11H2,1-2H3,(H,22,26)/t15-/m1/s1. The Bertz CT molecular complexity index is 982. The molecule has 0 bridgehead atoms. The number of rotatable bonds is 4. The Morgan fingerprint density at radius 3 is 2.96 bits per heavy atom. The number of fused-ring (bicyclic) bond motifs is 1. The van der Waals surface area contributed by atoms with Gasteiger partial charge in [0, 0.05) is 49.5 Å². The zero-order valence-corrected chi connectivity index (χ0v) is 16.0. The topological polar surface area (TPSA) is 63.1 Å². The number of hydrogen-bond donors (Lipinski definition) is 1. The van der Waals surface area contributed by atoms with Gasteiger partial charge in [-0.15, -0.1) is 11.3 Å². The Balaban J connectivity index is 1.58. The SMILES string of the molecule is Cc1ncc(CN2Cc3cn(C)nc3[C@H](C(=O)Nc3ccccc3F)C2)s1. The van der Waals surface area contributed by atoms with Crippen LogP contribution in [0.2, 0.25) is 0 Å². The van der Waals surface area contributed by atoms with Crippen molar-refractivity contribution in [1.29, 1.82) is 0 Å². The first kappa shape index (κ1) is 17.8. The first-order valence-corrected chi connectivity index (χ1v) is 9.52. The highest BCUT2D eigenvalue weighted by atomic mass is 32.1. The van der Waals surface area contributed by atoms with Gasteiger partial charge in [0.2, 0.25) is 5.91 Å². The van der Waals surface area contributed by atoms with Crippen LogP contribution in [0.25, 0.3) is 0 Å². The minimum atomic E-state index is -0.455. The number of nitrogens with one attached hydrogen (secondary N) is 1. The van der Waals surface area contributed by atoms with Crippen molar-refractivity contribution in [2.75, 3.05) is 11.9 Å². The largest absolute Gasteiger partial charge is 0.323 e. The number of aryl methyl sites for hydroxylation is 2. The summed E-state index contributed by atoms with van der Waals surface area (Å²) >= 11 is 1.66. The maximum Gasteiger partial charge on any atom is 0.234 e. The third-order valence-electron chi connectivity index (χ3n) is 4.60. The summed E-state index contributed by atoms with van der Waals surface area (Å²) in [7, 11) is 1.85. The molecule has 0 saturated carbocycles. The number of anilines is 1. The van der Waals surface area contributed by atoms with E-state index < -0.39 is 11.7 Å². The molecule has 140 valence electrons. The van der Waals surface area contributed by atoms with Gasteiger partial charge < -0.3 is 5.32 Å². The van der Waals surface area contributed by atoms with Crippen molar-refractivity contribution in [2.24, 2.45) is 7.05 Å². The van der Waals surface area contributed by atoms with Crippen LogP contribution in [0.1, 0.15) is 27.1 Å². The number of aromatic nitrogens is 3. The molecule has 8 heteroatoms. The molecule has 1 aliphatic heterocycles. The van der Waals surface area contributed by atoms with Gasteiger partial charge in [0.25, 0.3) is 0 Å². The minimum Gasteiger partial charge on any atom is -0.323 e. The van der Waals surface area contributed by atoms with E-state index in [2.05, 4.69) is 20.3 Å². The van der Waals surface area contributed by atoms with Gasteiger partial charge >= 0.3 is 0 Å². The van der Waals surface area contributed by atoms with Crippen molar-refractivity contribution in [3.8, 4) is 0 Å². The van der Waals surface area contributed by atoms with Gasteiger partial charge in [-0.3, -0.25) is 14.4 Å². The van der Waals surface area contributed by atoms with Crippen LogP contribution >= 0.6 is 11.3 Å². The summed E-state index contributed by atoms with van der Waals surface area (Å²) < 4.78 is 15.7. The first-order valence-electron chi connectivity index (χ1n) is 8.71. The molecule has 4 rings (SSSR count). The lowest BCUT2D eigenvalue weighted by molar-refractivity contribution is -0.118. The third-order valence-corrected chi connectivity index (χ3v) is 5.50. The summed E-state index contributed by atoms with van der Waals surface area (Å²) in [6, 6.07) is 6.19. The van der Waals surface area contributed by atoms with Crippen molar-refractivity contribution in [3.05, 3.63) is 63.6 Å². The van der Waals surface area contributed by atoms with E-state index in [1.165, 1.54) is 6.07 Å². The highest BCUT2D eigenvalue weighted by molar-refractivity contribution is 7.11. The minimum absolute atomic E-state index is 0.190. The molecule has 1 aliphatic rings. The van der Waals surface area contributed by atoms with Crippen LogP contribution in [0.3, 0.4) is 0 Å². The lowest BCUT2D eigenvalue weighted by Crippen LogP contribution is -2.38. The van der Waals surface area contributed by atoms with Crippen LogP contribution in [0.15, 0.2) is 36.7 Å². The van der Waals surface area contributed by atoms with Crippen LogP contribution in [0, 0.1) is 12.7 Å². The smallest absolute Gasteiger partial charge is 0.234 e. The van der Waals surface area contributed by atoms with Crippen LogP contribution in [0.4, 0.5) is 10.1 Å². The summed E-state index contributed by atoms with van der Waals surface area (Å²) in [5.74, 6) is -1.14. The number of halogens is 1. The predicted octanol–water partition coefficient (Wildman–Crippen LogP) is 3.06. The van der Waals surface area contributed by atoms with Crippen molar-refractivity contribution in [2.45, 2.75) is 25.9 Å². The Hall–Kier alpha value is -2.58. The lowest BCUT2D eigenvalue weighted by Gasteiger charge is -2.30. The molecule has 0 saturated heterocycles. The van der Waals surface area contributed by atoms with Crippen LogP contribution in [-0.4, -0.2) is 32.1 Å². The summed E-state index contributed by atoms with van der Waals surface area (Å²) in [5, 5.41) is 8.23. The molecular formula is C19H20FN5OS. The summed E-state index contributed by atoms with van der Waals surface area (Å²) in [6.07, 6.45) is 3.83. The molecule has 0 unspecified atom stereocenters. The molecule has 27 heavy (non-hydrogen) atoms. The van der Waals surface area contributed by atoms with Gasteiger partial charge in [-0.25, -0.2) is 9.37 Å². The first-order chi connectivity index (χ1) is 13.0. The monoisotopic (exact) mass is 385 g/mol. The number of thiazole rings is 1. The van der Waals surface area contributed by atoms with Crippen LogP contribution in [-0.2, 0) is 24.9 Å². The van der Waals surface area contributed by atoms with Crippen molar-refractivity contribution >= 4 is 22.9 Å². The number of carbonyl (C=O) groups excluding carboxylic acids is 1. The van der Waals surface area contributed by atoms with Crippen molar-refractivity contribution in [1.82, 2.24) is 19.7 Å². The molecule has 0 aliphatic carbocycles. The molecule has 1 N–H and O–H groups in total. The normalized spacial score (nSPS) is 16.9. The van der Waals surface area contributed by atoms with Gasteiger partial charge in [-0.2, -0.15) is 5.10 Å². The van der Waals surface area contributed by atoms with Gasteiger partial charge in [0.05, 0.1) is 22.3 Å². The number of benzene rings is 1. The molecule has 0 radical (unpaired) electrons. The highest BCUT2D eigenvalue weighted by Crippen LogP contribution is 2.30. The summed E-state index contributed by atoms with van der Waals surface area (Å²) in [5.41, 5.74) is 1.98. The average Bonchev–Trinajstić information content (AvgIpc) is 3.20. The molecule has 1 atom stereocenters.